The molecule has 0 fully saturated rings. The first kappa shape index (κ1) is 78.7. The van der Waals surface area contributed by atoms with E-state index in [1.807, 2.05) is 13.8 Å². The number of nitrogens with zero attached hydrogens (tertiary/aromatic N) is 8. The molecule has 532 valence electrons. The lowest BCUT2D eigenvalue weighted by Gasteiger charge is -2.37. The van der Waals surface area contributed by atoms with E-state index in [0.29, 0.717) is 51.5 Å². The minimum Gasteiger partial charge on any atom is -0.392 e. The second-order valence-corrected chi connectivity index (χ2v) is 25.0. The van der Waals surface area contributed by atoms with E-state index in [-0.39, 0.29) is 91.8 Å². The molecule has 0 spiro atoms. The largest absolute Gasteiger partial charge is 0.392 e. The van der Waals surface area contributed by atoms with Gasteiger partial charge < -0.3 is 90.7 Å². The Hall–Kier alpha value is -9.79. The van der Waals surface area contributed by atoms with Gasteiger partial charge in [-0.25, -0.2) is 15.0 Å². The summed E-state index contributed by atoms with van der Waals surface area (Å²) in [5.41, 5.74) is 31.5. The SMILES string of the molecule is Cc1cn(CC(=O)N(CC(=O)N[C@@H](CCCCNC(=N)N)CN(CC(=O)C(C)(C)NN)C(=O)Cn2ccc3c(=O)[nH]c(N)nc32)C[C@@H](NC(=O)CN(C[C@H](CCCCNC(=N)N)NC(C)(C)CC(O)CN)C(=O)Cn2ccc(N)nc2=O)[C@@H](C)CCCNC(=N)N)c(=O)[nH]c1=O. The minimum absolute atomic E-state index is 0.0391. The van der Waals surface area contributed by atoms with Gasteiger partial charge in [0.15, 0.2) is 23.7 Å². The van der Waals surface area contributed by atoms with Crippen molar-refractivity contribution in [3.8, 4) is 0 Å². The van der Waals surface area contributed by atoms with Crippen molar-refractivity contribution in [3.63, 3.8) is 0 Å². The number of fused-ring (bicyclic) bond motifs is 1. The van der Waals surface area contributed by atoms with Gasteiger partial charge in [0.05, 0.1) is 36.7 Å². The smallest absolute Gasteiger partial charge is 0.349 e. The van der Waals surface area contributed by atoms with E-state index in [0.717, 1.165) is 14.0 Å². The number of aliphatic hydroxyl groups excluding tert-OH is 1. The number of guanidine groups is 3. The number of amides is 5. The van der Waals surface area contributed by atoms with E-state index in [9.17, 15) is 53.1 Å². The number of nitrogens with one attached hydrogen (secondary N) is 12. The number of aromatic nitrogens is 7. The molecule has 0 saturated carbocycles. The Morgan fingerprint density at radius 1 is 0.667 bits per heavy atom. The molecule has 0 aliphatic carbocycles. The predicted octanol–water partition coefficient (Wildman–Crippen LogP) is -6.08. The first-order valence-corrected chi connectivity index (χ1v) is 31.4. The fourth-order valence-corrected chi connectivity index (χ4v) is 10.5. The molecular weight excluding hydrogens is 1250 g/mol. The summed E-state index contributed by atoms with van der Waals surface area (Å²) in [4.78, 5) is 156. The molecule has 27 N–H and O–H groups in total. The summed E-state index contributed by atoms with van der Waals surface area (Å²) in [7, 11) is 0. The highest BCUT2D eigenvalue weighted by atomic mass is 16.3. The maximum atomic E-state index is 14.9. The molecule has 0 saturated heterocycles. The Balaban J connectivity index is 1.83. The van der Waals surface area contributed by atoms with Gasteiger partial charge in [-0.2, -0.15) is 9.97 Å². The molecule has 4 aromatic rings. The molecule has 0 aliphatic rings. The number of aryl methyl sites for hydroxylation is 1. The van der Waals surface area contributed by atoms with Crippen molar-refractivity contribution in [2.75, 3.05) is 76.9 Å². The van der Waals surface area contributed by atoms with Crippen LogP contribution in [0.15, 0.2) is 49.9 Å². The number of H-pyrrole nitrogens is 2. The van der Waals surface area contributed by atoms with E-state index >= 15 is 0 Å². The number of anilines is 2. The molecule has 0 radical (unpaired) electrons. The standard InChI is InChI=1S/C58H99N27O11/c1-34(12-11-19-71-53(65)66)40(73-44(89)30-83(46(91)32-81-21-16-42(60)74-55(81)95)26-37(14-8-10-18-70-52(63)64)78-57(3,4)22-38(86)23-59)27-84(47(92)33-85-24-35(2)49(93)77-56(85)96)29-43(88)72-36(13-7-9-17-69-51(61)62)25-82(28-41(87)58(5,6)79-68)45(90)31-80-20-15-39-48(80)75-54(67)76-50(39)94/h15-16,20-21,24,34,36-38,40,78-79,86H,7-14,17-19,22-23,25-33,59,68H2,1-6H3,(H,72,88)(H,73,89)(H2,60,74,95)(H4,61,62,69)(H4,63,64,70)(H4,65,66,71)(H,77,93,96)(H3,67,75,76,94)/t34-,36-,37-,38?,40+/m0/s1. The molecule has 5 amide bonds. The van der Waals surface area contributed by atoms with Crippen LogP contribution in [-0.2, 0) is 48.4 Å². The highest BCUT2D eigenvalue weighted by Gasteiger charge is 2.34. The number of nitrogen functional groups attached to an aromatic ring is 2. The van der Waals surface area contributed by atoms with Crippen molar-refractivity contribution in [2.24, 2.45) is 34.7 Å². The van der Waals surface area contributed by atoms with E-state index in [2.05, 4.69) is 57.3 Å². The lowest BCUT2D eigenvalue weighted by molar-refractivity contribution is -0.139. The molecule has 1 unspecified atom stereocenters. The number of ketones is 1. The monoisotopic (exact) mass is 1350 g/mol. The predicted molar refractivity (Wildman–Crippen MR) is 360 cm³/mol. The van der Waals surface area contributed by atoms with Gasteiger partial charge in [-0.15, -0.1) is 0 Å². The summed E-state index contributed by atoms with van der Waals surface area (Å²) < 4.78 is 3.32. The van der Waals surface area contributed by atoms with Crippen LogP contribution in [0.5, 0.6) is 0 Å². The van der Waals surface area contributed by atoms with Crippen LogP contribution in [0, 0.1) is 29.1 Å². The second-order valence-electron chi connectivity index (χ2n) is 25.0. The minimum atomic E-state index is -1.37. The Morgan fingerprint density at radius 2 is 1.19 bits per heavy atom. The van der Waals surface area contributed by atoms with Gasteiger partial charge in [0.1, 0.15) is 31.1 Å². The number of unbranched alkanes of at least 4 members (excludes halogenated alkanes) is 2. The van der Waals surface area contributed by atoms with E-state index in [1.54, 1.807) is 6.92 Å². The quantitative estimate of drug-likeness (QED) is 0.00645. The maximum absolute atomic E-state index is 14.9. The van der Waals surface area contributed by atoms with Gasteiger partial charge in [0, 0.05) is 93.6 Å². The van der Waals surface area contributed by atoms with Crippen LogP contribution in [0.1, 0.15) is 98.0 Å². The van der Waals surface area contributed by atoms with E-state index in [4.69, 9.17) is 56.5 Å². The van der Waals surface area contributed by atoms with Crippen LogP contribution < -0.4 is 100 Å². The highest BCUT2D eigenvalue weighted by Crippen LogP contribution is 2.19. The van der Waals surface area contributed by atoms with Crippen LogP contribution >= 0.6 is 0 Å². The molecular formula is C58H99N27O11. The van der Waals surface area contributed by atoms with Crippen molar-refractivity contribution >= 4 is 76.0 Å². The summed E-state index contributed by atoms with van der Waals surface area (Å²) >= 11 is 0. The molecule has 0 aromatic carbocycles. The summed E-state index contributed by atoms with van der Waals surface area (Å²) in [5.74, 6) is -0.272. The number of aliphatic hydroxyl groups is 1. The van der Waals surface area contributed by atoms with Crippen LogP contribution in [0.2, 0.25) is 0 Å². The maximum Gasteiger partial charge on any atom is 0.349 e. The molecule has 0 aliphatic heterocycles. The highest BCUT2D eigenvalue weighted by molar-refractivity contribution is 5.93. The molecule has 5 atom stereocenters. The molecule has 4 rings (SSSR count). The number of hydrogen-bond acceptors (Lipinski definition) is 22. The zero-order valence-electron chi connectivity index (χ0n) is 55.5. The van der Waals surface area contributed by atoms with Gasteiger partial charge in [0.25, 0.3) is 11.1 Å². The Morgan fingerprint density at radius 3 is 1.76 bits per heavy atom. The topological polar surface area (TPSA) is 611 Å². The lowest BCUT2D eigenvalue weighted by atomic mass is 9.94. The number of carbonyl (C=O) groups is 6. The second kappa shape index (κ2) is 37.3. The third-order valence-corrected chi connectivity index (χ3v) is 15.8. The summed E-state index contributed by atoms with van der Waals surface area (Å²) in [5, 5.41) is 51.4. The number of hydrogen-bond donors (Lipinski definition) is 20. The summed E-state index contributed by atoms with van der Waals surface area (Å²) in [6, 6.07) is 0.115. The van der Waals surface area contributed by atoms with Gasteiger partial charge in [-0.3, -0.25) is 79.5 Å². The van der Waals surface area contributed by atoms with Gasteiger partial charge >= 0.3 is 11.4 Å². The van der Waals surface area contributed by atoms with Gasteiger partial charge in [0.2, 0.25) is 35.5 Å². The Bertz CT molecular complexity index is 3580. The number of nitrogens with two attached hydrogens (primary N) is 7. The van der Waals surface area contributed by atoms with Crippen molar-refractivity contribution in [1.29, 1.82) is 16.2 Å². The van der Waals surface area contributed by atoms with E-state index < -0.39 is 145 Å². The van der Waals surface area contributed by atoms with Crippen molar-refractivity contribution in [2.45, 2.75) is 154 Å². The van der Waals surface area contributed by atoms with Crippen LogP contribution in [-0.4, -0.2) is 207 Å². The van der Waals surface area contributed by atoms with E-state index in [1.165, 1.54) is 65.9 Å². The summed E-state index contributed by atoms with van der Waals surface area (Å²) in [6.07, 6.45) is 6.13. The van der Waals surface area contributed by atoms with Crippen LogP contribution in [0.4, 0.5) is 11.8 Å². The Labute approximate surface area is 553 Å². The zero-order chi connectivity index (χ0) is 71.6. The number of rotatable bonds is 42. The average molecular weight is 1350 g/mol. The molecule has 4 heterocycles. The molecule has 38 heteroatoms. The lowest BCUT2D eigenvalue weighted by Crippen LogP contribution is -2.57. The van der Waals surface area contributed by atoms with Gasteiger partial charge in [-0.05, 0) is 104 Å². The summed E-state index contributed by atoms with van der Waals surface area (Å²) in [6.45, 7) is 5.95. The van der Waals surface area contributed by atoms with Crippen molar-refractivity contribution in [1.82, 2.24) is 85.7 Å². The van der Waals surface area contributed by atoms with Gasteiger partial charge in [-0.1, -0.05) is 13.3 Å². The first-order chi connectivity index (χ1) is 45.1. The van der Waals surface area contributed by atoms with Crippen LogP contribution in [0.25, 0.3) is 11.0 Å². The Kier molecular flexibility index (Phi) is 30.6. The first-order valence-electron chi connectivity index (χ1n) is 31.4. The average Bonchev–Trinajstić information content (AvgIpc) is 1.58. The van der Waals surface area contributed by atoms with Crippen molar-refractivity contribution < 1.29 is 33.9 Å². The number of carbonyl (C=O) groups excluding carboxylic acids is 6. The fraction of sp³-hybridized carbons (Fsp3) is 0.603. The van der Waals surface area contributed by atoms with Crippen LogP contribution in [0.3, 0.4) is 0 Å². The molecule has 96 heavy (non-hydrogen) atoms. The molecule has 4 aromatic heterocycles. The normalized spacial score (nSPS) is 13.1. The van der Waals surface area contributed by atoms with Crippen molar-refractivity contribution in [3.05, 3.63) is 78.0 Å². The number of aromatic amines is 2. The fourth-order valence-electron chi connectivity index (χ4n) is 10.5. The molecule has 0 bridgehead atoms. The third-order valence-electron chi connectivity index (χ3n) is 15.8. The molecule has 38 nitrogen and oxygen atoms in total. The number of Topliss-reactive ketones (excluding diaryl/α,β-unsaturated/α-hetero) is 1. The zero-order valence-corrected chi connectivity index (χ0v) is 55.5. The number of hydrazine groups is 1. The third kappa shape index (κ3) is 26.5.